The van der Waals surface area contributed by atoms with E-state index >= 15 is 0 Å². The first-order valence-corrected chi connectivity index (χ1v) is 6.59. The van der Waals surface area contributed by atoms with Gasteiger partial charge in [0.15, 0.2) is 11.5 Å². The number of aliphatic hydroxyl groups excluding tert-OH is 1. The molecule has 0 aliphatic carbocycles. The van der Waals surface area contributed by atoms with Crippen LogP contribution in [0.15, 0.2) is 36.4 Å². The second-order valence-corrected chi connectivity index (χ2v) is 4.85. The predicted molar refractivity (Wildman–Crippen MR) is 82.1 cm³/mol. The minimum absolute atomic E-state index is 0.0667. The van der Waals surface area contributed by atoms with Crippen molar-refractivity contribution in [3.63, 3.8) is 0 Å². The number of methoxy groups -OCH3 is 2. The van der Waals surface area contributed by atoms with Crippen LogP contribution in [0.25, 0.3) is 21.5 Å². The van der Waals surface area contributed by atoms with Gasteiger partial charge in [0, 0.05) is 0 Å². The second-order valence-electron chi connectivity index (χ2n) is 4.85. The van der Waals surface area contributed by atoms with Gasteiger partial charge in [-0.15, -0.1) is 0 Å². The summed E-state index contributed by atoms with van der Waals surface area (Å²) in [4.78, 5) is 0. The molecule has 0 aromatic heterocycles. The van der Waals surface area contributed by atoms with Gasteiger partial charge in [0.1, 0.15) is 5.75 Å². The largest absolute Gasteiger partial charge is 0.508 e. The summed E-state index contributed by atoms with van der Waals surface area (Å²) in [6.45, 7) is -0.0667. The van der Waals surface area contributed by atoms with Gasteiger partial charge in [0.05, 0.1) is 20.8 Å². The molecule has 0 atom stereocenters. The Morgan fingerprint density at radius 3 is 2.14 bits per heavy atom. The number of hydrogen-bond donors (Lipinski definition) is 2. The zero-order valence-electron chi connectivity index (χ0n) is 11.9. The number of aromatic hydroxyl groups is 1. The van der Waals surface area contributed by atoms with Crippen molar-refractivity contribution in [2.24, 2.45) is 0 Å². The lowest BCUT2D eigenvalue weighted by Gasteiger charge is -2.13. The average Bonchev–Trinajstić information content (AvgIpc) is 2.52. The summed E-state index contributed by atoms with van der Waals surface area (Å²) in [5.41, 5.74) is 0.809. The van der Waals surface area contributed by atoms with Crippen LogP contribution in [0.5, 0.6) is 17.2 Å². The molecule has 4 heteroatoms. The van der Waals surface area contributed by atoms with Crippen LogP contribution in [-0.2, 0) is 6.61 Å². The van der Waals surface area contributed by atoms with Crippen LogP contribution >= 0.6 is 0 Å². The highest BCUT2D eigenvalue weighted by molar-refractivity contribution is 6.10. The summed E-state index contributed by atoms with van der Waals surface area (Å²) in [5.74, 6) is 1.43. The van der Waals surface area contributed by atoms with Gasteiger partial charge in [-0.1, -0.05) is 6.07 Å². The Morgan fingerprint density at radius 2 is 1.52 bits per heavy atom. The van der Waals surface area contributed by atoms with E-state index in [-0.39, 0.29) is 12.4 Å². The maximum atomic E-state index is 9.74. The van der Waals surface area contributed by atoms with E-state index in [9.17, 15) is 10.2 Å². The van der Waals surface area contributed by atoms with Crippen LogP contribution < -0.4 is 9.47 Å². The second kappa shape index (κ2) is 5.14. The SMILES string of the molecule is COc1cc2c(CO)cc3ccc(O)cc3c2cc1OC. The molecule has 2 N–H and O–H groups in total. The molecule has 0 spiro atoms. The number of phenolic OH excluding ortho intramolecular Hbond substituents is 1. The molecule has 0 saturated heterocycles. The Kier molecular flexibility index (Phi) is 3.31. The van der Waals surface area contributed by atoms with Crippen molar-refractivity contribution in [2.75, 3.05) is 14.2 Å². The van der Waals surface area contributed by atoms with Gasteiger partial charge in [0.25, 0.3) is 0 Å². The van der Waals surface area contributed by atoms with Crippen LogP contribution in [0.3, 0.4) is 0 Å². The zero-order valence-corrected chi connectivity index (χ0v) is 11.9. The van der Waals surface area contributed by atoms with Crippen molar-refractivity contribution >= 4 is 21.5 Å². The van der Waals surface area contributed by atoms with Gasteiger partial charge in [-0.2, -0.15) is 0 Å². The lowest BCUT2D eigenvalue weighted by atomic mass is 9.96. The molecule has 108 valence electrons. The molecule has 0 amide bonds. The fraction of sp³-hybridized carbons (Fsp3) is 0.176. The van der Waals surface area contributed by atoms with E-state index in [2.05, 4.69) is 0 Å². The molecule has 3 rings (SSSR count). The molecule has 0 unspecified atom stereocenters. The van der Waals surface area contributed by atoms with Crippen molar-refractivity contribution in [1.82, 2.24) is 0 Å². The summed E-state index contributed by atoms with van der Waals surface area (Å²) >= 11 is 0. The van der Waals surface area contributed by atoms with Crippen LogP contribution in [0.2, 0.25) is 0 Å². The molecule has 4 nitrogen and oxygen atoms in total. The Morgan fingerprint density at radius 1 is 0.857 bits per heavy atom. The Balaban J connectivity index is 2.49. The van der Waals surface area contributed by atoms with Gasteiger partial charge in [-0.05, 0) is 57.4 Å². The normalized spacial score (nSPS) is 11.0. The molecule has 0 aliphatic rings. The first-order valence-electron chi connectivity index (χ1n) is 6.59. The molecule has 0 bridgehead atoms. The third kappa shape index (κ3) is 2.14. The average molecular weight is 284 g/mol. The Hall–Kier alpha value is -2.46. The summed E-state index contributed by atoms with van der Waals surface area (Å²) in [6, 6.07) is 10.8. The van der Waals surface area contributed by atoms with Crippen molar-refractivity contribution in [1.29, 1.82) is 0 Å². The predicted octanol–water partition coefficient (Wildman–Crippen LogP) is 3.21. The quantitative estimate of drug-likeness (QED) is 0.725. The smallest absolute Gasteiger partial charge is 0.161 e. The molecule has 0 heterocycles. The first-order chi connectivity index (χ1) is 10.2. The van der Waals surface area contributed by atoms with E-state index in [0.717, 1.165) is 27.1 Å². The van der Waals surface area contributed by atoms with Crippen LogP contribution in [-0.4, -0.2) is 24.4 Å². The van der Waals surface area contributed by atoms with Gasteiger partial charge in [0.2, 0.25) is 0 Å². The summed E-state index contributed by atoms with van der Waals surface area (Å²) in [6.07, 6.45) is 0. The number of aliphatic hydroxyl groups is 1. The van der Waals surface area contributed by atoms with E-state index in [1.165, 1.54) is 0 Å². The van der Waals surface area contributed by atoms with E-state index in [4.69, 9.17) is 9.47 Å². The highest BCUT2D eigenvalue weighted by Crippen LogP contribution is 2.38. The van der Waals surface area contributed by atoms with Crippen molar-refractivity contribution in [3.8, 4) is 17.2 Å². The lowest BCUT2D eigenvalue weighted by Crippen LogP contribution is -1.94. The Bertz CT molecular complexity index is 824. The molecule has 0 aliphatic heterocycles. The van der Waals surface area contributed by atoms with Crippen LogP contribution in [0.1, 0.15) is 5.56 Å². The minimum Gasteiger partial charge on any atom is -0.508 e. The van der Waals surface area contributed by atoms with Gasteiger partial charge < -0.3 is 19.7 Å². The van der Waals surface area contributed by atoms with E-state index < -0.39 is 0 Å². The third-order valence-corrected chi connectivity index (χ3v) is 3.70. The topological polar surface area (TPSA) is 58.9 Å². The van der Waals surface area contributed by atoms with Gasteiger partial charge in [-0.25, -0.2) is 0 Å². The van der Waals surface area contributed by atoms with Crippen LogP contribution in [0.4, 0.5) is 0 Å². The molecule has 21 heavy (non-hydrogen) atoms. The number of phenols is 1. The number of hydrogen-bond acceptors (Lipinski definition) is 4. The molecule has 0 fully saturated rings. The molecule has 3 aromatic rings. The van der Waals surface area contributed by atoms with Crippen LogP contribution in [0, 0.1) is 0 Å². The molecule has 3 aromatic carbocycles. The fourth-order valence-corrected chi connectivity index (χ4v) is 2.67. The standard InChI is InChI=1S/C17H16O4/c1-20-16-7-14-11(9-18)5-10-3-4-12(19)6-13(10)15(14)8-17(16)21-2/h3-8,18-19H,9H2,1-2H3. The summed E-state index contributed by atoms with van der Waals surface area (Å²) < 4.78 is 10.7. The fourth-order valence-electron chi connectivity index (χ4n) is 2.67. The highest BCUT2D eigenvalue weighted by Gasteiger charge is 2.12. The van der Waals surface area contributed by atoms with Crippen molar-refractivity contribution in [2.45, 2.75) is 6.61 Å². The minimum atomic E-state index is -0.0667. The van der Waals surface area contributed by atoms with Gasteiger partial charge in [-0.3, -0.25) is 0 Å². The number of rotatable bonds is 3. The molecule has 0 saturated carbocycles. The number of fused-ring (bicyclic) bond motifs is 3. The van der Waals surface area contributed by atoms with Crippen molar-refractivity contribution in [3.05, 3.63) is 42.0 Å². The third-order valence-electron chi connectivity index (χ3n) is 3.70. The Labute approximate surface area is 122 Å². The maximum Gasteiger partial charge on any atom is 0.161 e. The maximum absolute atomic E-state index is 9.74. The lowest BCUT2D eigenvalue weighted by molar-refractivity contribution is 0.283. The van der Waals surface area contributed by atoms with Crippen molar-refractivity contribution < 1.29 is 19.7 Å². The van der Waals surface area contributed by atoms with E-state index in [1.54, 1.807) is 26.4 Å². The van der Waals surface area contributed by atoms with E-state index in [0.29, 0.717) is 11.5 Å². The van der Waals surface area contributed by atoms with Gasteiger partial charge >= 0.3 is 0 Å². The number of benzene rings is 3. The van der Waals surface area contributed by atoms with E-state index in [1.807, 2.05) is 24.3 Å². The monoisotopic (exact) mass is 284 g/mol. The summed E-state index contributed by atoms with van der Waals surface area (Å²) in [7, 11) is 3.16. The molecular formula is C17H16O4. The molecular weight excluding hydrogens is 268 g/mol. The molecule has 0 radical (unpaired) electrons. The zero-order chi connectivity index (χ0) is 15.0. The highest BCUT2D eigenvalue weighted by atomic mass is 16.5. The number of ether oxygens (including phenoxy) is 2. The summed E-state index contributed by atoms with van der Waals surface area (Å²) in [5, 5.41) is 23.0. The first kappa shape index (κ1) is 13.5.